The fourth-order valence-electron chi connectivity index (χ4n) is 2.86. The van der Waals surface area contributed by atoms with Crippen molar-refractivity contribution in [2.45, 2.75) is 45.6 Å². The lowest BCUT2D eigenvalue weighted by atomic mass is 10.1. The molecule has 1 saturated heterocycles. The normalized spacial score (nSPS) is 18.1. The Morgan fingerprint density at radius 1 is 1.33 bits per heavy atom. The Labute approximate surface area is 142 Å². The SMILES string of the molecule is CCCO[C@H]1CCCN(C(=O)c2cc(NC(C)=O)ccc2F)CC1. The van der Waals surface area contributed by atoms with Crippen LogP contribution < -0.4 is 5.32 Å². The Morgan fingerprint density at radius 2 is 2.12 bits per heavy atom. The quantitative estimate of drug-likeness (QED) is 0.898. The zero-order valence-corrected chi connectivity index (χ0v) is 14.3. The summed E-state index contributed by atoms with van der Waals surface area (Å²) in [5.74, 6) is -1.17. The number of carbonyl (C=O) groups excluding carboxylic acids is 2. The third-order valence-electron chi connectivity index (χ3n) is 4.04. The summed E-state index contributed by atoms with van der Waals surface area (Å²) >= 11 is 0. The lowest BCUT2D eigenvalue weighted by Gasteiger charge is -2.21. The zero-order chi connectivity index (χ0) is 17.5. The first-order chi connectivity index (χ1) is 11.5. The Morgan fingerprint density at radius 3 is 2.83 bits per heavy atom. The Bertz CT molecular complexity index is 592. The van der Waals surface area contributed by atoms with Crippen LogP contribution in [0, 0.1) is 5.82 Å². The first kappa shape index (κ1) is 18.4. The van der Waals surface area contributed by atoms with Crippen LogP contribution in [0.15, 0.2) is 18.2 Å². The first-order valence-corrected chi connectivity index (χ1v) is 8.49. The van der Waals surface area contributed by atoms with Crippen molar-refractivity contribution in [3.05, 3.63) is 29.6 Å². The van der Waals surface area contributed by atoms with Crippen molar-refractivity contribution >= 4 is 17.5 Å². The lowest BCUT2D eigenvalue weighted by Crippen LogP contribution is -2.33. The number of benzene rings is 1. The standard InChI is InChI=1S/C18H25FN2O3/c1-3-11-24-15-5-4-9-21(10-8-15)18(23)16-12-14(20-13(2)22)6-7-17(16)19/h6-7,12,15H,3-5,8-11H2,1-2H3,(H,20,22)/t15-/m0/s1. The maximum atomic E-state index is 14.1. The summed E-state index contributed by atoms with van der Waals surface area (Å²) in [6, 6.07) is 4.06. The van der Waals surface area contributed by atoms with E-state index in [1.165, 1.54) is 25.1 Å². The fraction of sp³-hybridized carbons (Fsp3) is 0.556. The van der Waals surface area contributed by atoms with Crippen LogP contribution in [-0.4, -0.2) is 42.5 Å². The molecule has 1 atom stereocenters. The van der Waals surface area contributed by atoms with Crippen LogP contribution in [0.3, 0.4) is 0 Å². The van der Waals surface area contributed by atoms with Crippen molar-refractivity contribution in [2.75, 3.05) is 25.0 Å². The number of anilines is 1. The summed E-state index contributed by atoms with van der Waals surface area (Å²) in [7, 11) is 0. The minimum absolute atomic E-state index is 0.00539. The number of ether oxygens (including phenoxy) is 1. The molecule has 1 aliphatic rings. The van der Waals surface area contributed by atoms with E-state index in [0.29, 0.717) is 18.8 Å². The number of halogens is 1. The molecule has 1 aromatic rings. The summed E-state index contributed by atoms with van der Waals surface area (Å²) in [6.45, 7) is 5.31. The van der Waals surface area contributed by atoms with Gasteiger partial charge in [0.15, 0.2) is 0 Å². The van der Waals surface area contributed by atoms with E-state index < -0.39 is 5.82 Å². The van der Waals surface area contributed by atoms with Gasteiger partial charge in [-0.05, 0) is 43.9 Å². The molecule has 0 bridgehead atoms. The number of amides is 2. The molecule has 24 heavy (non-hydrogen) atoms. The van der Waals surface area contributed by atoms with Gasteiger partial charge in [0.25, 0.3) is 5.91 Å². The highest BCUT2D eigenvalue weighted by Crippen LogP contribution is 2.20. The average Bonchev–Trinajstić information content (AvgIpc) is 2.79. The van der Waals surface area contributed by atoms with Gasteiger partial charge in [-0.15, -0.1) is 0 Å². The summed E-state index contributed by atoms with van der Waals surface area (Å²) < 4.78 is 19.8. The highest BCUT2D eigenvalue weighted by molar-refractivity contribution is 5.97. The maximum absolute atomic E-state index is 14.1. The Kier molecular flexibility index (Phi) is 6.73. The molecule has 6 heteroatoms. The molecule has 1 fully saturated rings. The van der Waals surface area contributed by atoms with Gasteiger partial charge >= 0.3 is 0 Å². The van der Waals surface area contributed by atoms with Crippen molar-refractivity contribution in [1.82, 2.24) is 4.90 Å². The van der Waals surface area contributed by atoms with Crippen LogP contribution in [0.25, 0.3) is 0 Å². The van der Waals surface area contributed by atoms with Gasteiger partial charge in [-0.25, -0.2) is 4.39 Å². The van der Waals surface area contributed by atoms with Gasteiger partial charge in [-0.2, -0.15) is 0 Å². The van der Waals surface area contributed by atoms with Gasteiger partial charge in [-0.1, -0.05) is 6.92 Å². The Hall–Kier alpha value is -1.95. The average molecular weight is 336 g/mol. The van der Waals surface area contributed by atoms with Crippen molar-refractivity contribution in [1.29, 1.82) is 0 Å². The molecule has 0 saturated carbocycles. The highest BCUT2D eigenvalue weighted by Gasteiger charge is 2.24. The molecule has 1 heterocycles. The molecule has 1 aliphatic heterocycles. The minimum atomic E-state index is -0.572. The predicted molar refractivity (Wildman–Crippen MR) is 90.5 cm³/mol. The van der Waals surface area contributed by atoms with Gasteiger partial charge in [0.05, 0.1) is 11.7 Å². The van der Waals surface area contributed by atoms with E-state index in [1.54, 1.807) is 4.90 Å². The van der Waals surface area contributed by atoms with Crippen molar-refractivity contribution in [2.24, 2.45) is 0 Å². The molecule has 5 nitrogen and oxygen atoms in total. The van der Waals surface area contributed by atoms with E-state index in [4.69, 9.17) is 4.74 Å². The third-order valence-corrected chi connectivity index (χ3v) is 4.04. The number of hydrogen-bond donors (Lipinski definition) is 1. The number of rotatable bonds is 5. The highest BCUT2D eigenvalue weighted by atomic mass is 19.1. The van der Waals surface area contributed by atoms with Crippen molar-refractivity contribution in [3.8, 4) is 0 Å². The van der Waals surface area contributed by atoms with Crippen LogP contribution in [-0.2, 0) is 9.53 Å². The minimum Gasteiger partial charge on any atom is -0.378 e. The molecule has 1 N–H and O–H groups in total. The summed E-state index contributed by atoms with van der Waals surface area (Å²) in [5, 5.41) is 2.58. The number of likely N-dealkylation sites (tertiary alicyclic amines) is 1. The largest absolute Gasteiger partial charge is 0.378 e. The van der Waals surface area contributed by atoms with E-state index in [1.807, 2.05) is 0 Å². The van der Waals surface area contributed by atoms with Crippen LogP contribution in [0.4, 0.5) is 10.1 Å². The topological polar surface area (TPSA) is 58.6 Å². The fourth-order valence-corrected chi connectivity index (χ4v) is 2.86. The van der Waals surface area contributed by atoms with E-state index in [9.17, 15) is 14.0 Å². The van der Waals surface area contributed by atoms with Gasteiger partial charge in [0, 0.05) is 32.3 Å². The Balaban J connectivity index is 2.06. The molecule has 1 aromatic carbocycles. The molecule has 2 rings (SSSR count). The van der Waals surface area contributed by atoms with E-state index in [0.717, 1.165) is 32.3 Å². The second kappa shape index (κ2) is 8.78. The smallest absolute Gasteiger partial charge is 0.256 e. The van der Waals surface area contributed by atoms with Crippen LogP contribution in [0.1, 0.15) is 49.9 Å². The monoisotopic (exact) mass is 336 g/mol. The van der Waals surface area contributed by atoms with E-state index in [-0.39, 0.29) is 23.5 Å². The number of nitrogens with zero attached hydrogens (tertiary/aromatic N) is 1. The lowest BCUT2D eigenvalue weighted by molar-refractivity contribution is -0.114. The van der Waals surface area contributed by atoms with Gasteiger partial charge in [0.1, 0.15) is 5.82 Å². The summed E-state index contributed by atoms with van der Waals surface area (Å²) in [5.41, 5.74) is 0.417. The maximum Gasteiger partial charge on any atom is 0.256 e. The first-order valence-electron chi connectivity index (χ1n) is 8.49. The second-order valence-corrected chi connectivity index (χ2v) is 6.09. The molecule has 0 radical (unpaired) electrons. The van der Waals surface area contributed by atoms with Crippen molar-refractivity contribution < 1.29 is 18.7 Å². The second-order valence-electron chi connectivity index (χ2n) is 6.09. The van der Waals surface area contributed by atoms with Gasteiger partial charge in [0.2, 0.25) is 5.91 Å². The molecule has 0 unspecified atom stereocenters. The van der Waals surface area contributed by atoms with Crippen molar-refractivity contribution in [3.63, 3.8) is 0 Å². The number of hydrogen-bond acceptors (Lipinski definition) is 3. The predicted octanol–water partition coefficient (Wildman–Crippen LogP) is 3.21. The molecule has 0 aromatic heterocycles. The molecular weight excluding hydrogens is 311 g/mol. The molecule has 0 spiro atoms. The molecule has 132 valence electrons. The molecular formula is C18H25FN2O3. The summed E-state index contributed by atoms with van der Waals surface area (Å²) in [4.78, 5) is 25.5. The van der Waals surface area contributed by atoms with Crippen LogP contribution in [0.2, 0.25) is 0 Å². The molecule has 2 amide bonds. The van der Waals surface area contributed by atoms with Crippen LogP contribution >= 0.6 is 0 Å². The van der Waals surface area contributed by atoms with Crippen LogP contribution in [0.5, 0.6) is 0 Å². The molecule has 0 aliphatic carbocycles. The summed E-state index contributed by atoms with van der Waals surface area (Å²) in [6.07, 6.45) is 3.66. The van der Waals surface area contributed by atoms with E-state index >= 15 is 0 Å². The zero-order valence-electron chi connectivity index (χ0n) is 14.3. The third kappa shape index (κ3) is 5.03. The van der Waals surface area contributed by atoms with E-state index in [2.05, 4.69) is 12.2 Å². The van der Waals surface area contributed by atoms with Gasteiger partial charge < -0.3 is 15.0 Å². The van der Waals surface area contributed by atoms with Gasteiger partial charge in [-0.3, -0.25) is 9.59 Å². The number of carbonyl (C=O) groups is 2. The number of nitrogens with one attached hydrogen (secondary N) is 1.